The molecule has 1 nitrogen and oxygen atoms in total. The molecule has 0 fully saturated rings. The van der Waals surface area contributed by atoms with Crippen molar-refractivity contribution in [2.24, 2.45) is 0 Å². The van der Waals surface area contributed by atoms with Crippen molar-refractivity contribution >= 4 is 15.9 Å². The molecule has 0 bridgehead atoms. The Morgan fingerprint density at radius 3 is 2.30 bits per heavy atom. The van der Waals surface area contributed by atoms with Crippen molar-refractivity contribution < 1.29 is 4.39 Å². The second-order valence-corrected chi connectivity index (χ2v) is 5.95. The van der Waals surface area contributed by atoms with Gasteiger partial charge in [0.25, 0.3) is 0 Å². The van der Waals surface area contributed by atoms with E-state index in [2.05, 4.69) is 54.2 Å². The third-order valence-corrected chi connectivity index (χ3v) is 4.61. The average molecular weight is 336 g/mol. The largest absolute Gasteiger partial charge is 0.309 e. The van der Waals surface area contributed by atoms with Crippen molar-refractivity contribution in [1.29, 1.82) is 0 Å². The molecule has 1 unspecified atom stereocenters. The first-order chi connectivity index (χ1) is 9.45. The van der Waals surface area contributed by atoms with Gasteiger partial charge in [-0.2, -0.15) is 0 Å². The second kappa shape index (κ2) is 6.06. The molecule has 0 saturated heterocycles. The maximum absolute atomic E-state index is 13.8. The molecule has 0 aliphatic rings. The van der Waals surface area contributed by atoms with Crippen molar-refractivity contribution in [2.75, 3.05) is 7.05 Å². The van der Waals surface area contributed by atoms with E-state index in [1.54, 1.807) is 6.07 Å². The van der Waals surface area contributed by atoms with E-state index in [1.165, 1.54) is 28.3 Å². The Morgan fingerprint density at radius 2 is 1.65 bits per heavy atom. The summed E-state index contributed by atoms with van der Waals surface area (Å²) in [6, 6.07) is 9.50. The third kappa shape index (κ3) is 2.79. The quantitative estimate of drug-likeness (QED) is 0.847. The SMILES string of the molecule is CNC(c1cc(C)c(C)cc1C)c1cccc(F)c1Br. The van der Waals surface area contributed by atoms with Gasteiger partial charge in [0.2, 0.25) is 0 Å². The van der Waals surface area contributed by atoms with Crippen LogP contribution in [0.2, 0.25) is 0 Å². The minimum atomic E-state index is -0.232. The van der Waals surface area contributed by atoms with Crippen LogP contribution in [0.3, 0.4) is 0 Å². The number of benzene rings is 2. The Balaban J connectivity index is 2.58. The molecule has 0 saturated carbocycles. The Labute approximate surface area is 128 Å². The molecule has 3 heteroatoms. The lowest BCUT2D eigenvalue weighted by atomic mass is 9.92. The van der Waals surface area contributed by atoms with Gasteiger partial charge in [-0.3, -0.25) is 0 Å². The number of halogens is 2. The number of aryl methyl sites for hydroxylation is 3. The first kappa shape index (κ1) is 15.2. The highest BCUT2D eigenvalue weighted by molar-refractivity contribution is 9.10. The van der Waals surface area contributed by atoms with Crippen LogP contribution in [0.1, 0.15) is 33.9 Å². The molecule has 2 rings (SSSR count). The van der Waals surface area contributed by atoms with Crippen LogP contribution in [0.4, 0.5) is 4.39 Å². The summed E-state index contributed by atoms with van der Waals surface area (Å²) in [4.78, 5) is 0. The molecule has 1 N–H and O–H groups in total. The molecular formula is C17H19BrFN. The monoisotopic (exact) mass is 335 g/mol. The van der Waals surface area contributed by atoms with Crippen LogP contribution in [0.5, 0.6) is 0 Å². The van der Waals surface area contributed by atoms with E-state index in [0.717, 1.165) is 5.56 Å². The van der Waals surface area contributed by atoms with Crippen LogP contribution in [-0.4, -0.2) is 7.05 Å². The predicted octanol–water partition coefficient (Wildman–Crippen LogP) is 4.82. The van der Waals surface area contributed by atoms with Gasteiger partial charge in [-0.15, -0.1) is 0 Å². The lowest BCUT2D eigenvalue weighted by molar-refractivity contribution is 0.607. The fraction of sp³-hybridized carbons (Fsp3) is 0.294. The maximum Gasteiger partial charge on any atom is 0.137 e. The fourth-order valence-electron chi connectivity index (χ4n) is 2.52. The van der Waals surface area contributed by atoms with Gasteiger partial charge in [0.05, 0.1) is 10.5 Å². The summed E-state index contributed by atoms with van der Waals surface area (Å²) < 4.78 is 14.3. The Bertz CT molecular complexity index is 637. The lowest BCUT2D eigenvalue weighted by Gasteiger charge is -2.22. The minimum absolute atomic E-state index is 0.0284. The molecule has 1 atom stereocenters. The molecule has 0 radical (unpaired) electrons. The number of hydrogen-bond acceptors (Lipinski definition) is 1. The van der Waals surface area contributed by atoms with Gasteiger partial charge in [-0.05, 0) is 77.6 Å². The second-order valence-electron chi connectivity index (χ2n) is 5.16. The van der Waals surface area contributed by atoms with Gasteiger partial charge in [-0.25, -0.2) is 4.39 Å². The van der Waals surface area contributed by atoms with Crippen molar-refractivity contribution in [3.63, 3.8) is 0 Å². The van der Waals surface area contributed by atoms with Gasteiger partial charge in [0.1, 0.15) is 5.82 Å². The van der Waals surface area contributed by atoms with E-state index in [4.69, 9.17) is 0 Å². The van der Waals surface area contributed by atoms with Crippen LogP contribution in [-0.2, 0) is 0 Å². The van der Waals surface area contributed by atoms with E-state index in [-0.39, 0.29) is 11.9 Å². The van der Waals surface area contributed by atoms with Crippen LogP contribution in [0, 0.1) is 26.6 Å². The summed E-state index contributed by atoms with van der Waals surface area (Å²) >= 11 is 3.36. The molecule has 0 spiro atoms. The summed E-state index contributed by atoms with van der Waals surface area (Å²) in [5.74, 6) is -0.232. The molecule has 0 amide bonds. The Hall–Kier alpha value is -1.19. The van der Waals surface area contributed by atoms with Gasteiger partial charge >= 0.3 is 0 Å². The topological polar surface area (TPSA) is 12.0 Å². The average Bonchev–Trinajstić information content (AvgIpc) is 2.41. The van der Waals surface area contributed by atoms with Crippen LogP contribution in [0.25, 0.3) is 0 Å². The first-order valence-electron chi connectivity index (χ1n) is 6.64. The van der Waals surface area contributed by atoms with Gasteiger partial charge < -0.3 is 5.32 Å². The third-order valence-electron chi connectivity index (χ3n) is 3.77. The van der Waals surface area contributed by atoms with Crippen molar-refractivity contribution in [1.82, 2.24) is 5.32 Å². The normalized spacial score (nSPS) is 12.5. The van der Waals surface area contributed by atoms with E-state index in [0.29, 0.717) is 4.47 Å². The van der Waals surface area contributed by atoms with Crippen molar-refractivity contribution in [3.8, 4) is 0 Å². The highest BCUT2D eigenvalue weighted by atomic mass is 79.9. The lowest BCUT2D eigenvalue weighted by Crippen LogP contribution is -2.19. The van der Waals surface area contributed by atoms with Gasteiger partial charge in [0.15, 0.2) is 0 Å². The van der Waals surface area contributed by atoms with Gasteiger partial charge in [0, 0.05) is 0 Å². The maximum atomic E-state index is 13.8. The molecule has 106 valence electrons. The van der Waals surface area contributed by atoms with Crippen molar-refractivity contribution in [2.45, 2.75) is 26.8 Å². The molecule has 20 heavy (non-hydrogen) atoms. The summed E-state index contributed by atoms with van der Waals surface area (Å²) in [5.41, 5.74) is 5.84. The van der Waals surface area contributed by atoms with E-state index < -0.39 is 0 Å². The molecule has 2 aromatic carbocycles. The van der Waals surface area contributed by atoms with Crippen LogP contribution in [0.15, 0.2) is 34.8 Å². The molecule has 2 aromatic rings. The Morgan fingerprint density at radius 1 is 1.00 bits per heavy atom. The Kier molecular flexibility index (Phi) is 4.61. The first-order valence-corrected chi connectivity index (χ1v) is 7.44. The minimum Gasteiger partial charge on any atom is -0.309 e. The molecule has 0 heterocycles. The van der Waals surface area contributed by atoms with Crippen molar-refractivity contribution in [3.05, 3.63) is 68.4 Å². The molecule has 0 aliphatic carbocycles. The number of rotatable bonds is 3. The molecular weight excluding hydrogens is 317 g/mol. The smallest absolute Gasteiger partial charge is 0.137 e. The highest BCUT2D eigenvalue weighted by Gasteiger charge is 2.19. The highest BCUT2D eigenvalue weighted by Crippen LogP contribution is 2.32. The zero-order valence-electron chi connectivity index (χ0n) is 12.2. The summed E-state index contributed by atoms with van der Waals surface area (Å²) in [6.45, 7) is 6.31. The van der Waals surface area contributed by atoms with Crippen LogP contribution >= 0.6 is 15.9 Å². The van der Waals surface area contributed by atoms with E-state index in [9.17, 15) is 4.39 Å². The predicted molar refractivity (Wildman–Crippen MR) is 85.7 cm³/mol. The molecule has 0 aromatic heterocycles. The fourth-order valence-corrected chi connectivity index (χ4v) is 3.01. The standard InChI is InChI=1S/C17H19BrFN/c1-10-8-12(3)14(9-11(10)2)17(20-4)13-6-5-7-15(19)16(13)18/h5-9,17,20H,1-4H3. The zero-order chi connectivity index (χ0) is 14.9. The van der Waals surface area contributed by atoms with Crippen LogP contribution < -0.4 is 5.32 Å². The van der Waals surface area contributed by atoms with E-state index >= 15 is 0 Å². The summed E-state index contributed by atoms with van der Waals surface area (Å²) in [7, 11) is 1.90. The summed E-state index contributed by atoms with van der Waals surface area (Å²) in [5, 5.41) is 3.29. The number of hydrogen-bond donors (Lipinski definition) is 1. The van der Waals surface area contributed by atoms with E-state index in [1.807, 2.05) is 13.1 Å². The summed E-state index contributed by atoms with van der Waals surface area (Å²) in [6.07, 6.45) is 0. The van der Waals surface area contributed by atoms with Gasteiger partial charge in [-0.1, -0.05) is 24.3 Å². The number of nitrogens with one attached hydrogen (secondary N) is 1. The molecule has 0 aliphatic heterocycles. The zero-order valence-corrected chi connectivity index (χ0v) is 13.8.